The Labute approximate surface area is 212 Å². The number of hydrogen-bond acceptors (Lipinski definition) is 7. The average Bonchev–Trinajstić information content (AvgIpc) is 3.48. The molecule has 12 heteroatoms. The van der Waals surface area contributed by atoms with E-state index in [-0.39, 0.29) is 11.4 Å². The fourth-order valence-electron chi connectivity index (χ4n) is 4.11. The fraction of sp³-hybridized carbons (Fsp3) is 0.391. The molecule has 1 saturated heterocycles. The molecule has 1 fully saturated rings. The van der Waals surface area contributed by atoms with E-state index in [2.05, 4.69) is 4.99 Å². The number of amides is 1. The number of ether oxygens (including phenoxy) is 3. The Morgan fingerprint density at radius 3 is 2.46 bits per heavy atom. The summed E-state index contributed by atoms with van der Waals surface area (Å²) in [5.74, 6) is 0.712. The molecule has 188 valence electrons. The minimum Gasteiger partial charge on any atom is -0.495 e. The molecule has 2 heterocycles. The van der Waals surface area contributed by atoms with Crippen molar-refractivity contribution in [3.05, 3.63) is 46.2 Å². The summed E-state index contributed by atoms with van der Waals surface area (Å²) in [4.78, 5) is 18.3. The number of sulfonamides is 1. The smallest absolute Gasteiger partial charge is 0.266 e. The Kier molecular flexibility index (Phi) is 7.82. The number of methoxy groups -OCH3 is 3. The number of nitrogens with zero attached hydrogens (tertiary/aromatic N) is 3. The van der Waals surface area contributed by atoms with Crippen molar-refractivity contribution in [3.8, 4) is 11.5 Å². The summed E-state index contributed by atoms with van der Waals surface area (Å²) in [6, 6.07) is 8.61. The van der Waals surface area contributed by atoms with Gasteiger partial charge >= 0.3 is 0 Å². The molecule has 1 aliphatic heterocycles. The van der Waals surface area contributed by atoms with E-state index >= 15 is 0 Å². The number of carbonyl (C=O) groups excluding carboxylic acids is 1. The van der Waals surface area contributed by atoms with Gasteiger partial charge in [-0.15, -0.1) is 0 Å². The van der Waals surface area contributed by atoms with Crippen LogP contribution in [0, 0.1) is 0 Å². The van der Waals surface area contributed by atoms with E-state index in [1.165, 1.54) is 39.9 Å². The van der Waals surface area contributed by atoms with Gasteiger partial charge in [0.15, 0.2) is 4.80 Å². The van der Waals surface area contributed by atoms with Gasteiger partial charge < -0.3 is 18.8 Å². The molecule has 0 bridgehead atoms. The lowest BCUT2D eigenvalue weighted by atomic mass is 10.2. The highest BCUT2D eigenvalue weighted by Crippen LogP contribution is 2.35. The normalized spacial score (nSPS) is 17.3. The van der Waals surface area contributed by atoms with Gasteiger partial charge in [-0.25, -0.2) is 8.42 Å². The Hall–Kier alpha value is -2.44. The molecule has 9 nitrogen and oxygen atoms in total. The molecule has 1 unspecified atom stereocenters. The first-order chi connectivity index (χ1) is 16.8. The van der Waals surface area contributed by atoms with Gasteiger partial charge in [0.25, 0.3) is 5.91 Å². The van der Waals surface area contributed by atoms with Crippen LogP contribution in [0.15, 0.2) is 46.3 Å². The van der Waals surface area contributed by atoms with Crippen molar-refractivity contribution in [2.75, 3.05) is 34.5 Å². The second-order valence-corrected chi connectivity index (χ2v) is 11.2. The van der Waals surface area contributed by atoms with Gasteiger partial charge in [-0.2, -0.15) is 9.30 Å². The van der Waals surface area contributed by atoms with Crippen LogP contribution in [0.5, 0.6) is 11.5 Å². The van der Waals surface area contributed by atoms with Crippen molar-refractivity contribution < 1.29 is 27.4 Å². The molecular weight excluding hydrogens is 514 g/mol. The van der Waals surface area contributed by atoms with Crippen LogP contribution in [0.2, 0.25) is 5.02 Å². The average molecular weight is 540 g/mol. The second-order valence-electron chi connectivity index (χ2n) is 7.85. The largest absolute Gasteiger partial charge is 0.495 e. The van der Waals surface area contributed by atoms with Crippen molar-refractivity contribution in [2.45, 2.75) is 30.3 Å². The number of hydrogen-bond donors (Lipinski definition) is 0. The van der Waals surface area contributed by atoms with Crippen molar-refractivity contribution in [3.63, 3.8) is 0 Å². The van der Waals surface area contributed by atoms with Crippen LogP contribution in [-0.2, 0) is 26.1 Å². The summed E-state index contributed by atoms with van der Waals surface area (Å²) in [6.07, 6.45) is 0.960. The lowest BCUT2D eigenvalue weighted by Gasteiger charge is -2.21. The third-order valence-electron chi connectivity index (χ3n) is 5.83. The van der Waals surface area contributed by atoms with Gasteiger partial charge in [-0.05, 0) is 49.2 Å². The SMILES string of the molecule is COCCn1c(=NC(=O)C2CCCN2S(=O)(=O)c2ccc(Cl)cc2)sc2c(OC)ccc(OC)c21. The van der Waals surface area contributed by atoms with Gasteiger partial charge in [0.1, 0.15) is 27.8 Å². The van der Waals surface area contributed by atoms with E-state index in [0.717, 1.165) is 10.2 Å². The predicted octanol–water partition coefficient (Wildman–Crippen LogP) is 3.30. The lowest BCUT2D eigenvalue weighted by Crippen LogP contribution is -2.40. The number of benzene rings is 2. The van der Waals surface area contributed by atoms with Gasteiger partial charge in [0.2, 0.25) is 10.0 Å². The number of halogens is 1. The van der Waals surface area contributed by atoms with E-state index in [1.54, 1.807) is 33.5 Å². The first kappa shape index (κ1) is 25.6. The Morgan fingerprint density at radius 2 is 1.80 bits per heavy atom. The van der Waals surface area contributed by atoms with Crippen LogP contribution >= 0.6 is 22.9 Å². The summed E-state index contributed by atoms with van der Waals surface area (Å²) in [7, 11) is 0.847. The lowest BCUT2D eigenvalue weighted by molar-refractivity contribution is -0.121. The molecule has 1 aromatic heterocycles. The van der Waals surface area contributed by atoms with Gasteiger partial charge in [0, 0.05) is 25.2 Å². The molecule has 1 atom stereocenters. The summed E-state index contributed by atoms with van der Waals surface area (Å²) >= 11 is 7.19. The van der Waals surface area contributed by atoms with Crippen LogP contribution in [-0.4, -0.2) is 63.7 Å². The van der Waals surface area contributed by atoms with Gasteiger partial charge in [-0.3, -0.25) is 4.79 Å². The maximum Gasteiger partial charge on any atom is 0.266 e. The molecule has 0 N–H and O–H groups in total. The van der Waals surface area contributed by atoms with E-state index in [9.17, 15) is 13.2 Å². The number of aromatic nitrogens is 1. The molecule has 1 aliphatic rings. The molecule has 35 heavy (non-hydrogen) atoms. The molecule has 2 aromatic carbocycles. The zero-order chi connectivity index (χ0) is 25.2. The fourth-order valence-corrected chi connectivity index (χ4v) is 7.06. The van der Waals surface area contributed by atoms with E-state index < -0.39 is 22.0 Å². The first-order valence-electron chi connectivity index (χ1n) is 10.9. The van der Waals surface area contributed by atoms with Crippen molar-refractivity contribution in [1.82, 2.24) is 8.87 Å². The number of thiazole rings is 1. The summed E-state index contributed by atoms with van der Waals surface area (Å²) in [5.41, 5.74) is 0.734. The zero-order valence-corrected chi connectivity index (χ0v) is 22.0. The Morgan fingerprint density at radius 1 is 1.11 bits per heavy atom. The Balaban J connectivity index is 1.78. The molecule has 0 spiro atoms. The van der Waals surface area contributed by atoms with Crippen molar-refractivity contribution in [2.24, 2.45) is 4.99 Å². The summed E-state index contributed by atoms with van der Waals surface area (Å²) in [6.45, 7) is 1.05. The second kappa shape index (κ2) is 10.7. The van der Waals surface area contributed by atoms with Crippen LogP contribution in [0.1, 0.15) is 12.8 Å². The number of carbonyl (C=O) groups is 1. The molecule has 4 rings (SSSR count). The molecular formula is C23H26ClN3O6S2. The van der Waals surface area contributed by atoms with Gasteiger partial charge in [0.05, 0.1) is 25.7 Å². The topological polar surface area (TPSA) is 99.4 Å². The summed E-state index contributed by atoms with van der Waals surface area (Å²) in [5, 5.41) is 0.434. The maximum atomic E-state index is 13.4. The third kappa shape index (κ3) is 4.96. The number of rotatable bonds is 8. The van der Waals surface area contributed by atoms with Crippen molar-refractivity contribution in [1.29, 1.82) is 0 Å². The van der Waals surface area contributed by atoms with E-state index in [0.29, 0.717) is 47.3 Å². The predicted molar refractivity (Wildman–Crippen MR) is 134 cm³/mol. The Bertz CT molecular complexity index is 1400. The number of fused-ring (bicyclic) bond motifs is 1. The highest BCUT2D eigenvalue weighted by atomic mass is 35.5. The highest BCUT2D eigenvalue weighted by molar-refractivity contribution is 7.89. The minimum absolute atomic E-state index is 0.0908. The van der Waals surface area contributed by atoms with Crippen LogP contribution in [0.25, 0.3) is 10.2 Å². The van der Waals surface area contributed by atoms with E-state index in [4.69, 9.17) is 25.8 Å². The quantitative estimate of drug-likeness (QED) is 0.435. The first-order valence-corrected chi connectivity index (χ1v) is 13.5. The molecule has 3 aromatic rings. The van der Waals surface area contributed by atoms with Crippen LogP contribution in [0.3, 0.4) is 0 Å². The minimum atomic E-state index is -3.88. The third-order valence-corrected chi connectivity index (χ3v) is 9.09. The molecule has 0 aliphatic carbocycles. The van der Waals surface area contributed by atoms with Crippen molar-refractivity contribution >= 4 is 49.1 Å². The molecule has 0 saturated carbocycles. The van der Waals surface area contributed by atoms with Gasteiger partial charge in [-0.1, -0.05) is 22.9 Å². The van der Waals surface area contributed by atoms with Crippen LogP contribution < -0.4 is 14.3 Å². The highest BCUT2D eigenvalue weighted by Gasteiger charge is 2.39. The van der Waals surface area contributed by atoms with E-state index in [1.807, 2.05) is 4.57 Å². The summed E-state index contributed by atoms with van der Waals surface area (Å²) < 4.78 is 46.7. The zero-order valence-electron chi connectivity index (χ0n) is 19.6. The molecule has 0 radical (unpaired) electrons. The molecule has 1 amide bonds. The van der Waals surface area contributed by atoms with Crippen LogP contribution in [0.4, 0.5) is 0 Å². The maximum absolute atomic E-state index is 13.4. The monoisotopic (exact) mass is 539 g/mol. The standard InChI is InChI=1S/C23H26ClN3O6S2/c1-31-14-13-26-20-18(32-2)10-11-19(33-3)21(20)34-23(26)25-22(28)17-5-4-12-27(17)35(29,30)16-8-6-15(24)7-9-16/h6-11,17H,4-5,12-14H2,1-3H3.